The summed E-state index contributed by atoms with van der Waals surface area (Å²) >= 11 is 0. The van der Waals surface area contributed by atoms with Crippen molar-refractivity contribution in [3.05, 3.63) is 12.3 Å². The predicted octanol–water partition coefficient (Wildman–Crippen LogP) is 7.86. The zero-order valence-electron chi connectivity index (χ0n) is 31.5. The first-order valence-corrected chi connectivity index (χ1v) is 18.7. The molecule has 0 spiro atoms. The van der Waals surface area contributed by atoms with Crippen LogP contribution >= 0.6 is 0 Å². The number of unbranched alkanes of at least 4 members (excludes halogenated alkanes) is 3. The minimum atomic E-state index is -0.731. The summed E-state index contributed by atoms with van der Waals surface area (Å²) in [4.78, 5) is 24.8. The lowest BCUT2D eigenvalue weighted by Crippen LogP contribution is -2.43. The van der Waals surface area contributed by atoms with Gasteiger partial charge >= 0.3 is 5.97 Å². The summed E-state index contributed by atoms with van der Waals surface area (Å²) in [5.74, 6) is 1.06. The maximum Gasteiger partial charge on any atom is 0.309 e. The fraction of sp³-hybridized carbons (Fsp3) is 0.895. The van der Waals surface area contributed by atoms with Crippen LogP contribution < -0.4 is 10.6 Å². The number of aliphatic carboxylic acids is 1. The molecule has 0 aliphatic heterocycles. The molecule has 0 fully saturated rings. The van der Waals surface area contributed by atoms with Gasteiger partial charge in [-0.3, -0.25) is 9.59 Å². The summed E-state index contributed by atoms with van der Waals surface area (Å²) < 4.78 is 1.74. The monoisotopic (exact) mass is 639 g/mol. The second-order valence-electron chi connectivity index (χ2n) is 15.5. The minimum Gasteiger partial charge on any atom is -0.481 e. The first-order chi connectivity index (χ1) is 21.2. The van der Waals surface area contributed by atoms with Crippen molar-refractivity contribution in [2.24, 2.45) is 23.7 Å². The van der Waals surface area contributed by atoms with Gasteiger partial charge in [0, 0.05) is 37.5 Å². The number of quaternary nitrogens is 2. The van der Waals surface area contributed by atoms with Crippen molar-refractivity contribution in [3.63, 3.8) is 0 Å². The van der Waals surface area contributed by atoms with Crippen LogP contribution in [0.1, 0.15) is 131 Å². The molecule has 266 valence electrons. The van der Waals surface area contributed by atoms with Gasteiger partial charge in [0.05, 0.1) is 60.8 Å². The number of nitrogens with zero attached hydrogens (tertiary/aromatic N) is 2. The number of carbonyl (C=O) groups excluding carboxylic acids is 1. The summed E-state index contributed by atoms with van der Waals surface area (Å²) in [7, 11) is 8.82. The van der Waals surface area contributed by atoms with Gasteiger partial charge in [-0.15, -0.1) is 0 Å². The second kappa shape index (κ2) is 24.6. The SMILES string of the molecule is C=C(NCCC[N+](C)(C)CCC(=O)O)C(C)CCC(CCCC)C(CCC(C)CCCC)C(=O)NCCC[N+](C)(C)CCCC. The number of nitrogens with one attached hydrogen (secondary N) is 2. The third kappa shape index (κ3) is 22.5. The Morgan fingerprint density at radius 1 is 0.667 bits per heavy atom. The summed E-state index contributed by atoms with van der Waals surface area (Å²) in [5, 5.41) is 16.0. The van der Waals surface area contributed by atoms with Crippen LogP contribution in [0.25, 0.3) is 0 Å². The Morgan fingerprint density at radius 3 is 1.78 bits per heavy atom. The van der Waals surface area contributed by atoms with E-state index in [4.69, 9.17) is 5.11 Å². The number of amides is 1. The molecular weight excluding hydrogens is 560 g/mol. The van der Waals surface area contributed by atoms with Gasteiger partial charge in [-0.25, -0.2) is 0 Å². The van der Waals surface area contributed by atoms with Crippen LogP contribution in [-0.4, -0.2) is 93.4 Å². The highest BCUT2D eigenvalue weighted by atomic mass is 16.4. The molecule has 0 aromatic rings. The van der Waals surface area contributed by atoms with Crippen molar-refractivity contribution in [1.29, 1.82) is 0 Å². The van der Waals surface area contributed by atoms with E-state index in [-0.39, 0.29) is 18.2 Å². The third-order valence-corrected chi connectivity index (χ3v) is 10.0. The standard InChI is InChI=1S/C38H76N4O3/c1-11-14-19-32(4)21-24-36(38(45)40-27-18-29-41(7,8)28-16-13-3)35(20-15-12-2)23-22-33(5)34(6)39-26-17-30-42(9,10)31-25-37(43)44/h32-33,35-36,39H,6,11-31H2,1-5,7-10H3/p+2. The number of carboxylic acid groups (broad SMARTS) is 1. The number of carboxylic acids is 1. The van der Waals surface area contributed by atoms with Gasteiger partial charge in [0.2, 0.25) is 5.91 Å². The zero-order valence-corrected chi connectivity index (χ0v) is 31.5. The number of allylic oxidation sites excluding steroid dienone is 1. The fourth-order valence-electron chi connectivity index (χ4n) is 6.38. The molecular formula is C38H78N4O3+2. The molecule has 0 radical (unpaired) electrons. The van der Waals surface area contributed by atoms with E-state index in [1.807, 2.05) is 0 Å². The van der Waals surface area contributed by atoms with Crippen molar-refractivity contribution in [1.82, 2.24) is 10.6 Å². The molecule has 0 aliphatic rings. The average molecular weight is 639 g/mol. The first-order valence-electron chi connectivity index (χ1n) is 18.7. The number of hydrogen-bond donors (Lipinski definition) is 3. The second-order valence-corrected chi connectivity index (χ2v) is 15.5. The van der Waals surface area contributed by atoms with Crippen LogP contribution in [0.5, 0.6) is 0 Å². The van der Waals surface area contributed by atoms with Gasteiger partial charge in [0.1, 0.15) is 0 Å². The van der Waals surface area contributed by atoms with Crippen molar-refractivity contribution >= 4 is 11.9 Å². The van der Waals surface area contributed by atoms with Gasteiger partial charge in [-0.2, -0.15) is 0 Å². The smallest absolute Gasteiger partial charge is 0.309 e. The molecule has 4 unspecified atom stereocenters. The molecule has 3 N–H and O–H groups in total. The van der Waals surface area contributed by atoms with Gasteiger partial charge < -0.3 is 24.7 Å². The average Bonchev–Trinajstić information content (AvgIpc) is 2.99. The topological polar surface area (TPSA) is 78.4 Å². The van der Waals surface area contributed by atoms with E-state index in [0.29, 0.717) is 28.8 Å². The van der Waals surface area contributed by atoms with Gasteiger partial charge in [-0.1, -0.05) is 79.7 Å². The molecule has 1 amide bonds. The van der Waals surface area contributed by atoms with Crippen LogP contribution in [-0.2, 0) is 9.59 Å². The Bertz CT molecular complexity index is 798. The van der Waals surface area contributed by atoms with E-state index in [1.165, 1.54) is 45.1 Å². The van der Waals surface area contributed by atoms with Crippen molar-refractivity contribution in [2.75, 3.05) is 67.5 Å². The molecule has 0 aliphatic carbocycles. The Kier molecular flexibility index (Phi) is 23.7. The molecule has 0 saturated carbocycles. The zero-order chi connectivity index (χ0) is 34.3. The summed E-state index contributed by atoms with van der Waals surface area (Å²) in [6, 6.07) is 0. The molecule has 0 aromatic carbocycles. The van der Waals surface area contributed by atoms with Crippen molar-refractivity contribution in [3.8, 4) is 0 Å². The van der Waals surface area contributed by atoms with E-state index in [0.717, 1.165) is 87.7 Å². The van der Waals surface area contributed by atoms with Crippen molar-refractivity contribution < 1.29 is 23.7 Å². The van der Waals surface area contributed by atoms with Gasteiger partial charge in [0.15, 0.2) is 0 Å². The maximum atomic E-state index is 13.8. The molecule has 0 rings (SSSR count). The molecule has 7 heteroatoms. The molecule has 0 bridgehead atoms. The van der Waals surface area contributed by atoms with Crippen LogP contribution in [0.3, 0.4) is 0 Å². The number of carbonyl (C=O) groups is 2. The fourth-order valence-corrected chi connectivity index (χ4v) is 6.38. The van der Waals surface area contributed by atoms with Gasteiger partial charge in [-0.05, 0) is 56.3 Å². The summed E-state index contributed by atoms with van der Waals surface area (Å²) in [6.45, 7) is 21.3. The summed E-state index contributed by atoms with van der Waals surface area (Å²) in [6.07, 6.45) is 16.1. The van der Waals surface area contributed by atoms with Crippen LogP contribution in [0.2, 0.25) is 0 Å². The maximum absolute atomic E-state index is 13.8. The van der Waals surface area contributed by atoms with E-state index in [2.05, 4.69) is 80.0 Å². The van der Waals surface area contributed by atoms with Crippen LogP contribution in [0.4, 0.5) is 0 Å². The minimum absolute atomic E-state index is 0.0856. The van der Waals surface area contributed by atoms with Crippen LogP contribution in [0, 0.1) is 23.7 Å². The highest BCUT2D eigenvalue weighted by molar-refractivity contribution is 5.78. The Hall–Kier alpha value is -1.60. The predicted molar refractivity (Wildman–Crippen MR) is 193 cm³/mol. The lowest BCUT2D eigenvalue weighted by molar-refractivity contribution is -0.890. The number of rotatable bonds is 30. The van der Waals surface area contributed by atoms with E-state index < -0.39 is 5.97 Å². The highest BCUT2D eigenvalue weighted by Gasteiger charge is 2.29. The lowest BCUT2D eigenvalue weighted by atomic mass is 9.78. The molecule has 7 nitrogen and oxygen atoms in total. The molecule has 0 aromatic heterocycles. The normalized spacial score (nSPS) is 14.9. The molecule has 0 saturated heterocycles. The lowest BCUT2D eigenvalue weighted by Gasteiger charge is -2.31. The van der Waals surface area contributed by atoms with E-state index >= 15 is 0 Å². The van der Waals surface area contributed by atoms with E-state index in [1.54, 1.807) is 0 Å². The molecule has 0 heterocycles. The highest BCUT2D eigenvalue weighted by Crippen LogP contribution is 2.32. The quantitative estimate of drug-likeness (QED) is 0.0553. The first kappa shape index (κ1) is 43.4. The molecule has 4 atom stereocenters. The Morgan fingerprint density at radius 2 is 1.20 bits per heavy atom. The Balaban J connectivity index is 5.22. The largest absolute Gasteiger partial charge is 0.481 e. The number of hydrogen-bond acceptors (Lipinski definition) is 3. The van der Waals surface area contributed by atoms with Gasteiger partial charge in [0.25, 0.3) is 0 Å². The van der Waals surface area contributed by atoms with E-state index in [9.17, 15) is 9.59 Å². The Labute approximate surface area is 280 Å². The third-order valence-electron chi connectivity index (χ3n) is 10.0. The summed E-state index contributed by atoms with van der Waals surface area (Å²) in [5.41, 5.74) is 1.08. The van der Waals surface area contributed by atoms with Crippen molar-refractivity contribution in [2.45, 2.75) is 131 Å². The molecule has 45 heavy (non-hydrogen) atoms. The van der Waals surface area contributed by atoms with Crippen LogP contribution in [0.15, 0.2) is 12.3 Å².